The highest BCUT2D eigenvalue weighted by Gasteiger charge is 2.28. The summed E-state index contributed by atoms with van der Waals surface area (Å²) in [6.45, 7) is 0. The molecule has 0 fully saturated rings. The molecule has 1 aliphatic heterocycles. The molecule has 3 aromatic heterocycles. The Labute approximate surface area is 275 Å². The molecule has 0 spiro atoms. The van der Waals surface area contributed by atoms with E-state index in [1.807, 2.05) is 36.4 Å². The number of para-hydroxylation sites is 1. The van der Waals surface area contributed by atoms with E-state index in [-0.39, 0.29) is 12.3 Å². The third kappa shape index (κ3) is 4.16. The highest BCUT2D eigenvalue weighted by molar-refractivity contribution is 6.18. The molecule has 4 heterocycles. The lowest BCUT2D eigenvalue weighted by Gasteiger charge is -2.33. The first kappa shape index (κ1) is 26.9. The van der Waals surface area contributed by atoms with E-state index in [0.717, 1.165) is 77.3 Å². The van der Waals surface area contributed by atoms with Gasteiger partial charge in [-0.25, -0.2) is 9.98 Å². The van der Waals surface area contributed by atoms with E-state index in [4.69, 9.17) is 13.8 Å². The van der Waals surface area contributed by atoms with Crippen molar-refractivity contribution in [2.45, 2.75) is 12.3 Å². The van der Waals surface area contributed by atoms with Gasteiger partial charge >= 0.3 is 0 Å². The van der Waals surface area contributed by atoms with Gasteiger partial charge in [0.2, 0.25) is 5.71 Å². The van der Waals surface area contributed by atoms with Gasteiger partial charge in [0.15, 0.2) is 0 Å². The van der Waals surface area contributed by atoms with Gasteiger partial charge in [-0.05, 0) is 63.4 Å². The van der Waals surface area contributed by atoms with Gasteiger partial charge in [-0.15, -0.1) is 0 Å². The number of nitrogens with zero attached hydrogens (tertiary/aromatic N) is 2. The summed E-state index contributed by atoms with van der Waals surface area (Å²) in [6.07, 6.45) is 1.25. The van der Waals surface area contributed by atoms with Crippen LogP contribution in [0.25, 0.3) is 65.9 Å². The number of nitrogens with one attached hydrogen (secondary N) is 2. The van der Waals surface area contributed by atoms with E-state index < -0.39 is 0 Å². The molecule has 228 valence electrons. The molecule has 9 aromatic rings. The van der Waals surface area contributed by atoms with E-state index in [0.29, 0.717) is 5.71 Å². The van der Waals surface area contributed by atoms with Crippen LogP contribution >= 0.6 is 0 Å². The van der Waals surface area contributed by atoms with Crippen molar-refractivity contribution >= 4 is 60.6 Å². The first-order valence-electron chi connectivity index (χ1n) is 16.1. The van der Waals surface area contributed by atoms with Crippen LogP contribution in [0, 0.1) is 0 Å². The molecule has 6 aromatic carbocycles. The maximum atomic E-state index is 6.26. The summed E-state index contributed by atoms with van der Waals surface area (Å²) in [6, 6.07) is 48.3. The van der Waals surface area contributed by atoms with Crippen LogP contribution in [0.2, 0.25) is 0 Å². The molecular formula is C42H28N4O2. The number of amidine groups is 1. The number of hydrogen-bond donors (Lipinski definition) is 2. The fourth-order valence-corrected chi connectivity index (χ4v) is 7.33. The molecule has 2 N–H and O–H groups in total. The zero-order valence-electron chi connectivity index (χ0n) is 25.7. The van der Waals surface area contributed by atoms with Gasteiger partial charge in [0, 0.05) is 33.3 Å². The van der Waals surface area contributed by atoms with Crippen molar-refractivity contribution in [3.05, 3.63) is 162 Å². The van der Waals surface area contributed by atoms with Crippen LogP contribution in [-0.4, -0.2) is 10.8 Å². The number of fused-ring (bicyclic) bond motifs is 7. The number of aromatic nitrogens is 1. The standard InChI is InChI=1S/C42H28N4O2/c1-2-11-25(12-3-1)39-44-40(46-41(45-39)32-17-9-21-36-38(32)33-18-10-24-43-42(33)48-36)30-23-22-28(26-13-4-5-14-27(26)30)29-16-8-20-35-37(29)31-15-6-7-19-34(31)47-35/h1-24,39-40,44H,(H,45,46). The highest BCUT2D eigenvalue weighted by atomic mass is 16.3. The molecule has 48 heavy (non-hydrogen) atoms. The van der Waals surface area contributed by atoms with Crippen LogP contribution in [0.5, 0.6) is 0 Å². The number of furan rings is 2. The molecule has 2 unspecified atom stereocenters. The molecule has 0 saturated heterocycles. The Morgan fingerprint density at radius 1 is 0.500 bits per heavy atom. The van der Waals surface area contributed by atoms with Crippen LogP contribution in [0.4, 0.5) is 0 Å². The SMILES string of the molecule is c1ccc(C2N=C(c3cccc4oc5ncccc5c34)NC(c3ccc(-c4cccc5oc6ccccc6c45)c4ccccc34)N2)cc1. The summed E-state index contributed by atoms with van der Waals surface area (Å²) in [4.78, 5) is 9.74. The van der Waals surface area contributed by atoms with Crippen molar-refractivity contribution < 1.29 is 8.83 Å². The maximum Gasteiger partial charge on any atom is 0.227 e. The van der Waals surface area contributed by atoms with Crippen LogP contribution in [0.1, 0.15) is 29.0 Å². The number of pyridine rings is 1. The van der Waals surface area contributed by atoms with Gasteiger partial charge in [-0.1, -0.05) is 109 Å². The fraction of sp³-hybridized carbons (Fsp3) is 0.0476. The maximum absolute atomic E-state index is 6.26. The van der Waals surface area contributed by atoms with Crippen LogP contribution < -0.4 is 10.6 Å². The van der Waals surface area contributed by atoms with Gasteiger partial charge in [0.1, 0.15) is 34.9 Å². The van der Waals surface area contributed by atoms with Crippen LogP contribution in [-0.2, 0) is 0 Å². The highest BCUT2D eigenvalue weighted by Crippen LogP contribution is 2.41. The quantitative estimate of drug-likeness (QED) is 0.205. The van der Waals surface area contributed by atoms with Gasteiger partial charge in [-0.2, -0.15) is 0 Å². The van der Waals surface area contributed by atoms with Crippen molar-refractivity contribution in [3.63, 3.8) is 0 Å². The Morgan fingerprint density at radius 2 is 1.19 bits per heavy atom. The molecule has 6 nitrogen and oxygen atoms in total. The normalized spacial score (nSPS) is 16.5. The van der Waals surface area contributed by atoms with Gasteiger partial charge in [-0.3, -0.25) is 5.32 Å². The second kappa shape index (κ2) is 10.7. The van der Waals surface area contributed by atoms with E-state index in [2.05, 4.69) is 119 Å². The summed E-state index contributed by atoms with van der Waals surface area (Å²) in [5.74, 6) is 0.799. The molecule has 2 atom stereocenters. The summed E-state index contributed by atoms with van der Waals surface area (Å²) in [7, 11) is 0. The molecule has 10 rings (SSSR count). The van der Waals surface area contributed by atoms with Crippen molar-refractivity contribution in [2.75, 3.05) is 0 Å². The van der Waals surface area contributed by atoms with Gasteiger partial charge in [0.05, 0.1) is 0 Å². The lowest BCUT2D eigenvalue weighted by Crippen LogP contribution is -2.45. The van der Waals surface area contributed by atoms with E-state index in [1.165, 1.54) is 5.39 Å². The first-order valence-corrected chi connectivity index (χ1v) is 16.1. The Balaban J connectivity index is 1.15. The third-order valence-corrected chi connectivity index (χ3v) is 9.47. The lowest BCUT2D eigenvalue weighted by molar-refractivity contribution is 0.411. The number of benzene rings is 6. The minimum atomic E-state index is -0.275. The molecule has 0 saturated carbocycles. The van der Waals surface area contributed by atoms with E-state index in [1.54, 1.807) is 6.20 Å². The Kier molecular flexibility index (Phi) is 5.98. The summed E-state index contributed by atoms with van der Waals surface area (Å²) in [5, 5.41) is 14.2. The predicted octanol–water partition coefficient (Wildman–Crippen LogP) is 10.0. The molecule has 0 amide bonds. The molecule has 1 aliphatic rings. The molecule has 0 radical (unpaired) electrons. The second-order valence-corrected chi connectivity index (χ2v) is 12.2. The van der Waals surface area contributed by atoms with Crippen molar-refractivity contribution in [1.82, 2.24) is 15.6 Å². The molecule has 6 heteroatoms. The summed E-state index contributed by atoms with van der Waals surface area (Å²) >= 11 is 0. The van der Waals surface area contributed by atoms with Crippen molar-refractivity contribution in [2.24, 2.45) is 4.99 Å². The number of aliphatic imine (C=N–C) groups is 1. The molecular weight excluding hydrogens is 592 g/mol. The van der Waals surface area contributed by atoms with Crippen molar-refractivity contribution in [1.29, 1.82) is 0 Å². The first-order chi connectivity index (χ1) is 23.8. The number of rotatable bonds is 4. The number of hydrogen-bond acceptors (Lipinski definition) is 6. The summed E-state index contributed by atoms with van der Waals surface area (Å²) in [5.41, 5.74) is 8.71. The lowest BCUT2D eigenvalue weighted by atomic mass is 9.91. The Morgan fingerprint density at radius 3 is 2.06 bits per heavy atom. The minimum absolute atomic E-state index is 0.237. The van der Waals surface area contributed by atoms with Crippen LogP contribution in [0.3, 0.4) is 0 Å². The minimum Gasteiger partial charge on any atom is -0.456 e. The predicted molar refractivity (Wildman–Crippen MR) is 193 cm³/mol. The fourth-order valence-electron chi connectivity index (χ4n) is 7.33. The average molecular weight is 621 g/mol. The smallest absolute Gasteiger partial charge is 0.227 e. The average Bonchev–Trinajstić information content (AvgIpc) is 3.73. The van der Waals surface area contributed by atoms with Crippen molar-refractivity contribution in [3.8, 4) is 11.1 Å². The van der Waals surface area contributed by atoms with E-state index in [9.17, 15) is 0 Å². The Bertz CT molecular complexity index is 2710. The zero-order valence-corrected chi connectivity index (χ0v) is 25.7. The topological polar surface area (TPSA) is 75.6 Å². The second-order valence-electron chi connectivity index (χ2n) is 12.2. The third-order valence-electron chi connectivity index (χ3n) is 9.47. The zero-order chi connectivity index (χ0) is 31.6. The Hall–Kier alpha value is -6.24. The van der Waals surface area contributed by atoms with Crippen LogP contribution in [0.15, 0.2) is 160 Å². The summed E-state index contributed by atoms with van der Waals surface area (Å²) < 4.78 is 12.4. The largest absolute Gasteiger partial charge is 0.456 e. The molecule has 0 aliphatic carbocycles. The molecule has 0 bridgehead atoms. The van der Waals surface area contributed by atoms with Gasteiger partial charge in [0.25, 0.3) is 0 Å². The van der Waals surface area contributed by atoms with E-state index >= 15 is 0 Å². The van der Waals surface area contributed by atoms with Gasteiger partial charge < -0.3 is 14.2 Å². The monoisotopic (exact) mass is 620 g/mol.